The summed E-state index contributed by atoms with van der Waals surface area (Å²) in [4.78, 5) is 8.12. The lowest BCUT2D eigenvalue weighted by atomic mass is 10.3. The second kappa shape index (κ2) is 4.02. The Labute approximate surface area is 95.1 Å². The van der Waals surface area contributed by atoms with Crippen LogP contribution in [0.4, 0.5) is 24.8 Å². The van der Waals surface area contributed by atoms with Crippen molar-refractivity contribution in [1.82, 2.24) is 9.97 Å². The summed E-state index contributed by atoms with van der Waals surface area (Å²) in [5.74, 6) is -1.39. The molecule has 2 heterocycles. The van der Waals surface area contributed by atoms with Gasteiger partial charge < -0.3 is 15.7 Å². The number of hydrogen-bond acceptors (Lipinski definition) is 5. The summed E-state index contributed by atoms with van der Waals surface area (Å²) >= 11 is 0. The van der Waals surface area contributed by atoms with Gasteiger partial charge in [0.1, 0.15) is 11.6 Å². The molecule has 1 fully saturated rings. The van der Waals surface area contributed by atoms with Crippen LogP contribution in [0.5, 0.6) is 0 Å². The maximum absolute atomic E-state index is 12.5. The zero-order chi connectivity index (χ0) is 12.6. The molecule has 1 saturated heterocycles. The Morgan fingerprint density at radius 3 is 2.65 bits per heavy atom. The molecule has 0 saturated carbocycles. The van der Waals surface area contributed by atoms with Gasteiger partial charge in [-0.1, -0.05) is 0 Å². The van der Waals surface area contributed by atoms with Gasteiger partial charge in [0.2, 0.25) is 5.82 Å². The number of β-amino-alcohol motifs (C(OH)–C–C–N with tert-alkyl or cyclic N) is 1. The minimum atomic E-state index is -4.62. The zero-order valence-electron chi connectivity index (χ0n) is 8.78. The number of halogens is 3. The molecule has 0 aliphatic carbocycles. The van der Waals surface area contributed by atoms with Crippen LogP contribution >= 0.6 is 0 Å². The summed E-state index contributed by atoms with van der Waals surface area (Å²) in [6.07, 6.45) is -4.66. The average molecular weight is 248 g/mol. The van der Waals surface area contributed by atoms with Gasteiger partial charge in [0.25, 0.3) is 0 Å². The van der Waals surface area contributed by atoms with E-state index in [1.54, 1.807) is 4.90 Å². The van der Waals surface area contributed by atoms with Gasteiger partial charge in [-0.05, 0) is 6.42 Å². The van der Waals surface area contributed by atoms with Crippen LogP contribution in [0, 0.1) is 0 Å². The van der Waals surface area contributed by atoms with Crippen LogP contribution in [0.2, 0.25) is 0 Å². The minimum Gasteiger partial charge on any atom is -0.391 e. The number of nitrogens with zero attached hydrogens (tertiary/aromatic N) is 3. The molecule has 1 aliphatic rings. The summed E-state index contributed by atoms with van der Waals surface area (Å²) in [7, 11) is 0. The quantitative estimate of drug-likeness (QED) is 0.763. The summed E-state index contributed by atoms with van der Waals surface area (Å²) in [6.45, 7) is 0.711. The molecular formula is C9H11F3N4O. The van der Waals surface area contributed by atoms with Crippen molar-refractivity contribution in [1.29, 1.82) is 0 Å². The summed E-state index contributed by atoms with van der Waals surface area (Å²) in [6, 6.07) is 1.27. The molecule has 1 aromatic heterocycles. The Hall–Kier alpha value is -1.57. The average Bonchev–Trinajstić information content (AvgIpc) is 2.62. The fourth-order valence-electron chi connectivity index (χ4n) is 1.69. The minimum absolute atomic E-state index is 0.0985. The Bertz CT molecular complexity index is 423. The number of alkyl halides is 3. The molecule has 2 rings (SSSR count). The van der Waals surface area contributed by atoms with Crippen LogP contribution in [0.1, 0.15) is 12.2 Å². The predicted octanol–water partition coefficient (Wildman–Crippen LogP) is 0.649. The van der Waals surface area contributed by atoms with E-state index in [0.29, 0.717) is 13.0 Å². The molecule has 0 spiro atoms. The highest BCUT2D eigenvalue weighted by atomic mass is 19.4. The van der Waals surface area contributed by atoms with Gasteiger partial charge in [0.15, 0.2) is 0 Å². The number of nitrogens with two attached hydrogens (primary N) is 1. The Balaban J connectivity index is 2.32. The largest absolute Gasteiger partial charge is 0.451 e. The molecule has 0 aromatic carbocycles. The van der Waals surface area contributed by atoms with Crippen molar-refractivity contribution >= 4 is 11.6 Å². The first-order valence-electron chi connectivity index (χ1n) is 5.01. The van der Waals surface area contributed by atoms with Crippen LogP contribution in [-0.4, -0.2) is 34.3 Å². The molecule has 3 N–H and O–H groups in total. The predicted molar refractivity (Wildman–Crippen MR) is 54.3 cm³/mol. The SMILES string of the molecule is Nc1cc(N2CCC(O)C2)nc(C(F)(F)F)n1. The van der Waals surface area contributed by atoms with E-state index in [2.05, 4.69) is 9.97 Å². The zero-order valence-corrected chi connectivity index (χ0v) is 8.78. The molecule has 94 valence electrons. The number of hydrogen-bond donors (Lipinski definition) is 2. The van der Waals surface area contributed by atoms with E-state index in [0.717, 1.165) is 0 Å². The monoisotopic (exact) mass is 248 g/mol. The Morgan fingerprint density at radius 2 is 2.12 bits per heavy atom. The van der Waals surface area contributed by atoms with Gasteiger partial charge in [0.05, 0.1) is 6.10 Å². The van der Waals surface area contributed by atoms with Crippen LogP contribution in [0.25, 0.3) is 0 Å². The number of aliphatic hydroxyl groups is 1. The van der Waals surface area contributed by atoms with Gasteiger partial charge in [-0.15, -0.1) is 0 Å². The highest BCUT2D eigenvalue weighted by molar-refractivity contribution is 5.48. The Morgan fingerprint density at radius 1 is 1.41 bits per heavy atom. The molecule has 1 aromatic rings. The molecule has 1 unspecified atom stereocenters. The number of aromatic nitrogens is 2. The van der Waals surface area contributed by atoms with Gasteiger partial charge in [-0.2, -0.15) is 13.2 Å². The molecule has 0 amide bonds. The van der Waals surface area contributed by atoms with Crippen molar-refractivity contribution in [2.75, 3.05) is 23.7 Å². The lowest BCUT2D eigenvalue weighted by molar-refractivity contribution is -0.144. The second-order valence-corrected chi connectivity index (χ2v) is 3.86. The van der Waals surface area contributed by atoms with Crippen molar-refractivity contribution < 1.29 is 18.3 Å². The second-order valence-electron chi connectivity index (χ2n) is 3.86. The van der Waals surface area contributed by atoms with E-state index in [9.17, 15) is 18.3 Å². The molecule has 0 bridgehead atoms. The third kappa shape index (κ3) is 2.57. The molecule has 5 nitrogen and oxygen atoms in total. The maximum atomic E-state index is 12.5. The number of aliphatic hydroxyl groups excluding tert-OH is 1. The summed E-state index contributed by atoms with van der Waals surface area (Å²) in [5, 5.41) is 9.32. The van der Waals surface area contributed by atoms with Crippen LogP contribution in [0.3, 0.4) is 0 Å². The van der Waals surface area contributed by atoms with E-state index < -0.39 is 18.1 Å². The van der Waals surface area contributed by atoms with Crippen molar-refractivity contribution in [2.24, 2.45) is 0 Å². The Kier molecular flexibility index (Phi) is 2.82. The van der Waals surface area contributed by atoms with E-state index in [1.165, 1.54) is 6.07 Å². The lowest BCUT2D eigenvalue weighted by Crippen LogP contribution is -2.24. The highest BCUT2D eigenvalue weighted by Crippen LogP contribution is 2.29. The van der Waals surface area contributed by atoms with E-state index >= 15 is 0 Å². The van der Waals surface area contributed by atoms with E-state index in [-0.39, 0.29) is 18.2 Å². The van der Waals surface area contributed by atoms with Crippen molar-refractivity contribution in [2.45, 2.75) is 18.7 Å². The molecule has 17 heavy (non-hydrogen) atoms. The number of rotatable bonds is 1. The van der Waals surface area contributed by atoms with Crippen molar-refractivity contribution in [3.05, 3.63) is 11.9 Å². The first-order chi connectivity index (χ1) is 7.86. The molecule has 1 atom stereocenters. The normalized spacial score (nSPS) is 20.9. The fourth-order valence-corrected chi connectivity index (χ4v) is 1.69. The maximum Gasteiger partial charge on any atom is 0.451 e. The third-order valence-corrected chi connectivity index (χ3v) is 2.47. The van der Waals surface area contributed by atoms with Gasteiger partial charge in [-0.3, -0.25) is 0 Å². The molecule has 0 radical (unpaired) electrons. The lowest BCUT2D eigenvalue weighted by Gasteiger charge is -2.18. The molecule has 1 aliphatic heterocycles. The standard InChI is InChI=1S/C9H11F3N4O/c10-9(11,12)8-14-6(13)3-7(15-8)16-2-1-5(17)4-16/h3,5,17H,1-2,4H2,(H2,13,14,15). The van der Waals surface area contributed by atoms with E-state index in [4.69, 9.17) is 5.73 Å². The van der Waals surface area contributed by atoms with Crippen molar-refractivity contribution in [3.8, 4) is 0 Å². The fraction of sp³-hybridized carbons (Fsp3) is 0.556. The first-order valence-corrected chi connectivity index (χ1v) is 5.01. The first kappa shape index (κ1) is 11.9. The van der Waals surface area contributed by atoms with E-state index in [1.807, 2.05) is 0 Å². The molecule has 8 heteroatoms. The van der Waals surface area contributed by atoms with Crippen LogP contribution in [0.15, 0.2) is 6.07 Å². The smallest absolute Gasteiger partial charge is 0.391 e. The van der Waals surface area contributed by atoms with Crippen LogP contribution < -0.4 is 10.6 Å². The summed E-state index contributed by atoms with van der Waals surface area (Å²) in [5.41, 5.74) is 5.32. The topological polar surface area (TPSA) is 75.3 Å². The molecular weight excluding hydrogens is 237 g/mol. The highest BCUT2D eigenvalue weighted by Gasteiger charge is 2.36. The van der Waals surface area contributed by atoms with Crippen LogP contribution in [-0.2, 0) is 6.18 Å². The van der Waals surface area contributed by atoms with Crippen molar-refractivity contribution in [3.63, 3.8) is 0 Å². The number of nitrogen functional groups attached to an aromatic ring is 1. The third-order valence-electron chi connectivity index (χ3n) is 2.47. The summed E-state index contributed by atoms with van der Waals surface area (Å²) < 4.78 is 37.4. The van der Waals surface area contributed by atoms with Gasteiger partial charge >= 0.3 is 6.18 Å². The van der Waals surface area contributed by atoms with Gasteiger partial charge in [-0.25, -0.2) is 9.97 Å². The van der Waals surface area contributed by atoms with Gasteiger partial charge in [0, 0.05) is 19.2 Å². The number of anilines is 2.